The highest BCUT2D eigenvalue weighted by Crippen LogP contribution is 2.23. The van der Waals surface area contributed by atoms with Crippen molar-refractivity contribution in [3.8, 4) is 0 Å². The van der Waals surface area contributed by atoms with Gasteiger partial charge in [-0.05, 0) is 37.6 Å². The molecule has 27 heavy (non-hydrogen) atoms. The van der Waals surface area contributed by atoms with Crippen LogP contribution in [0.2, 0.25) is 0 Å². The highest BCUT2D eigenvalue weighted by Gasteiger charge is 2.13. The number of thioether (sulfide) groups is 1. The van der Waals surface area contributed by atoms with Gasteiger partial charge in [-0.3, -0.25) is 14.9 Å². The minimum Gasteiger partial charge on any atom is -0.455 e. The maximum absolute atomic E-state index is 13.4. The molecule has 0 fully saturated rings. The van der Waals surface area contributed by atoms with E-state index in [4.69, 9.17) is 4.74 Å². The summed E-state index contributed by atoms with van der Waals surface area (Å²) >= 11 is 1.31. The van der Waals surface area contributed by atoms with Crippen LogP contribution in [0.1, 0.15) is 11.1 Å². The Bertz CT molecular complexity index is 857. The summed E-state index contributed by atoms with van der Waals surface area (Å²) < 4.78 is 18.3. The molecule has 2 N–H and O–H groups in total. The summed E-state index contributed by atoms with van der Waals surface area (Å²) in [7, 11) is 0. The van der Waals surface area contributed by atoms with Crippen molar-refractivity contribution < 1.29 is 23.5 Å². The third-order valence-corrected chi connectivity index (χ3v) is 4.56. The summed E-state index contributed by atoms with van der Waals surface area (Å²) in [6.45, 7) is 3.33. The number of amides is 3. The molecule has 3 amide bonds. The second-order valence-electron chi connectivity index (χ2n) is 5.70. The van der Waals surface area contributed by atoms with Crippen LogP contribution in [0.25, 0.3) is 0 Å². The molecule has 0 aliphatic heterocycles. The Morgan fingerprint density at radius 1 is 1.11 bits per heavy atom. The number of urea groups is 1. The van der Waals surface area contributed by atoms with E-state index in [0.29, 0.717) is 0 Å². The summed E-state index contributed by atoms with van der Waals surface area (Å²) in [5.74, 6) is -1.98. The van der Waals surface area contributed by atoms with Crippen LogP contribution in [0.15, 0.2) is 47.4 Å². The maximum atomic E-state index is 13.4. The highest BCUT2D eigenvalue weighted by atomic mass is 32.2. The summed E-state index contributed by atoms with van der Waals surface area (Å²) in [4.78, 5) is 36.0. The first-order chi connectivity index (χ1) is 12.8. The Labute approximate surface area is 160 Å². The number of nitrogens with one attached hydrogen (secondary N) is 2. The number of rotatable bonds is 6. The van der Waals surface area contributed by atoms with Crippen molar-refractivity contribution in [2.24, 2.45) is 0 Å². The first kappa shape index (κ1) is 20.4. The van der Waals surface area contributed by atoms with Gasteiger partial charge in [-0.2, -0.15) is 0 Å². The molecule has 0 spiro atoms. The average Bonchev–Trinajstić information content (AvgIpc) is 2.61. The van der Waals surface area contributed by atoms with Gasteiger partial charge in [0.25, 0.3) is 5.91 Å². The van der Waals surface area contributed by atoms with E-state index in [1.54, 1.807) is 0 Å². The van der Waals surface area contributed by atoms with Crippen LogP contribution < -0.4 is 10.6 Å². The van der Waals surface area contributed by atoms with E-state index in [-0.39, 0.29) is 11.4 Å². The van der Waals surface area contributed by atoms with Gasteiger partial charge < -0.3 is 10.1 Å². The summed E-state index contributed by atoms with van der Waals surface area (Å²) in [6.07, 6.45) is 0. The first-order valence-corrected chi connectivity index (χ1v) is 9.05. The van der Waals surface area contributed by atoms with Crippen LogP contribution in [-0.4, -0.2) is 30.3 Å². The summed E-state index contributed by atoms with van der Waals surface area (Å²) in [6, 6.07) is 10.5. The minimum absolute atomic E-state index is 0.0403. The molecule has 2 aromatic rings. The number of carbonyl (C=O) groups is 3. The fourth-order valence-corrected chi connectivity index (χ4v) is 2.97. The van der Waals surface area contributed by atoms with E-state index < -0.39 is 30.3 Å². The van der Waals surface area contributed by atoms with Crippen molar-refractivity contribution >= 4 is 35.4 Å². The van der Waals surface area contributed by atoms with Crippen molar-refractivity contribution in [1.29, 1.82) is 0 Å². The van der Waals surface area contributed by atoms with Gasteiger partial charge in [0.15, 0.2) is 6.61 Å². The van der Waals surface area contributed by atoms with Gasteiger partial charge in [0.1, 0.15) is 5.82 Å². The number of imide groups is 1. The van der Waals surface area contributed by atoms with Crippen LogP contribution in [0.3, 0.4) is 0 Å². The van der Waals surface area contributed by atoms with Gasteiger partial charge in [0.2, 0.25) is 0 Å². The lowest BCUT2D eigenvalue weighted by molar-refractivity contribution is -0.145. The van der Waals surface area contributed by atoms with Crippen LogP contribution in [0.5, 0.6) is 0 Å². The van der Waals surface area contributed by atoms with Crippen molar-refractivity contribution in [2.75, 3.05) is 17.7 Å². The number of benzene rings is 2. The van der Waals surface area contributed by atoms with Gasteiger partial charge in [-0.1, -0.05) is 29.8 Å². The number of halogens is 1. The third-order valence-electron chi connectivity index (χ3n) is 3.42. The largest absolute Gasteiger partial charge is 0.455 e. The Kier molecular flexibility index (Phi) is 7.36. The lowest BCUT2D eigenvalue weighted by Crippen LogP contribution is -2.37. The lowest BCUT2D eigenvalue weighted by Gasteiger charge is -2.09. The van der Waals surface area contributed by atoms with Gasteiger partial charge in [-0.25, -0.2) is 9.18 Å². The van der Waals surface area contributed by atoms with E-state index >= 15 is 0 Å². The molecule has 0 unspecified atom stereocenters. The standard InChI is InChI=1S/C19H19FN2O4S/c1-12-7-8-16(13(2)9-12)27-11-18(24)26-10-17(23)22-19(25)21-15-6-4-3-5-14(15)20/h3-9H,10-11H2,1-2H3,(H2,21,22,23,25). The molecule has 2 rings (SSSR count). The average molecular weight is 390 g/mol. The minimum atomic E-state index is -0.911. The first-order valence-electron chi connectivity index (χ1n) is 8.06. The topological polar surface area (TPSA) is 84.5 Å². The number of hydrogen-bond acceptors (Lipinski definition) is 5. The van der Waals surface area contributed by atoms with E-state index in [9.17, 15) is 18.8 Å². The Hall–Kier alpha value is -2.87. The summed E-state index contributed by atoms with van der Waals surface area (Å²) in [5.41, 5.74) is 2.12. The van der Waals surface area contributed by atoms with E-state index in [1.807, 2.05) is 37.4 Å². The number of esters is 1. The molecule has 6 nitrogen and oxygen atoms in total. The zero-order valence-corrected chi connectivity index (χ0v) is 15.7. The number of para-hydroxylation sites is 1. The molecule has 0 aromatic heterocycles. The van der Waals surface area contributed by atoms with E-state index in [1.165, 1.54) is 36.0 Å². The molecule has 0 saturated carbocycles. The SMILES string of the molecule is Cc1ccc(SCC(=O)OCC(=O)NC(=O)Nc2ccccc2F)c(C)c1. The lowest BCUT2D eigenvalue weighted by atomic mass is 10.2. The molecule has 0 radical (unpaired) electrons. The van der Waals surface area contributed by atoms with Gasteiger partial charge in [-0.15, -0.1) is 11.8 Å². The van der Waals surface area contributed by atoms with E-state index in [0.717, 1.165) is 16.0 Å². The molecule has 0 heterocycles. The summed E-state index contributed by atoms with van der Waals surface area (Å²) in [5, 5.41) is 4.16. The molecule has 0 aliphatic carbocycles. The molecule has 0 aliphatic rings. The molecular formula is C19H19FN2O4S. The highest BCUT2D eigenvalue weighted by molar-refractivity contribution is 8.00. The van der Waals surface area contributed by atoms with Gasteiger partial charge >= 0.3 is 12.0 Å². The number of aryl methyl sites for hydroxylation is 2. The quantitative estimate of drug-likeness (QED) is 0.583. The van der Waals surface area contributed by atoms with Crippen LogP contribution >= 0.6 is 11.8 Å². The van der Waals surface area contributed by atoms with E-state index in [2.05, 4.69) is 5.32 Å². The number of carbonyl (C=O) groups excluding carboxylic acids is 3. The van der Waals surface area contributed by atoms with Crippen molar-refractivity contribution in [3.05, 3.63) is 59.4 Å². The predicted molar refractivity (Wildman–Crippen MR) is 101 cm³/mol. The molecule has 2 aromatic carbocycles. The van der Waals surface area contributed by atoms with Crippen LogP contribution in [0.4, 0.5) is 14.9 Å². The number of anilines is 1. The zero-order valence-electron chi connectivity index (χ0n) is 14.9. The van der Waals surface area contributed by atoms with Crippen molar-refractivity contribution in [1.82, 2.24) is 5.32 Å². The number of hydrogen-bond donors (Lipinski definition) is 2. The Balaban J connectivity index is 1.72. The fourth-order valence-electron chi connectivity index (χ4n) is 2.16. The molecular weight excluding hydrogens is 371 g/mol. The molecule has 142 valence electrons. The normalized spacial score (nSPS) is 10.2. The third kappa shape index (κ3) is 6.74. The molecule has 0 saturated heterocycles. The van der Waals surface area contributed by atoms with Gasteiger partial charge in [0.05, 0.1) is 11.4 Å². The van der Waals surface area contributed by atoms with Crippen LogP contribution in [-0.2, 0) is 14.3 Å². The fraction of sp³-hybridized carbons (Fsp3) is 0.211. The second-order valence-corrected chi connectivity index (χ2v) is 6.72. The van der Waals surface area contributed by atoms with Crippen molar-refractivity contribution in [2.45, 2.75) is 18.7 Å². The monoisotopic (exact) mass is 390 g/mol. The number of ether oxygens (including phenoxy) is 1. The second kappa shape index (κ2) is 9.72. The Morgan fingerprint density at radius 2 is 1.85 bits per heavy atom. The smallest absolute Gasteiger partial charge is 0.326 e. The predicted octanol–water partition coefficient (Wildman–Crippen LogP) is 3.43. The molecule has 8 heteroatoms. The Morgan fingerprint density at radius 3 is 2.56 bits per heavy atom. The zero-order chi connectivity index (χ0) is 19.8. The maximum Gasteiger partial charge on any atom is 0.326 e. The molecule has 0 bridgehead atoms. The molecule has 0 atom stereocenters. The van der Waals surface area contributed by atoms with Crippen LogP contribution in [0, 0.1) is 19.7 Å². The van der Waals surface area contributed by atoms with Gasteiger partial charge in [0, 0.05) is 4.90 Å². The van der Waals surface area contributed by atoms with Crippen molar-refractivity contribution in [3.63, 3.8) is 0 Å².